The molecule has 5 nitrogen and oxygen atoms in total. The molecule has 0 spiro atoms. The molecule has 0 unspecified atom stereocenters. The lowest BCUT2D eigenvalue weighted by atomic mass is 10.1. The SMILES string of the molecule is COC(=O)CCCCc1cccc(OC[C@@H](C)CCC(N)=O)c1Cl. The number of hydrogen-bond donors (Lipinski definition) is 1. The number of primary amides is 1. The maximum atomic E-state index is 11.1. The highest BCUT2D eigenvalue weighted by Gasteiger charge is 2.10. The molecule has 1 atom stereocenters. The summed E-state index contributed by atoms with van der Waals surface area (Å²) in [4.78, 5) is 21.9. The summed E-state index contributed by atoms with van der Waals surface area (Å²) in [6.45, 7) is 2.49. The van der Waals surface area contributed by atoms with Crippen LogP contribution < -0.4 is 10.5 Å². The van der Waals surface area contributed by atoms with E-state index in [0.29, 0.717) is 36.6 Å². The zero-order chi connectivity index (χ0) is 17.9. The first-order valence-corrected chi connectivity index (χ1v) is 8.57. The summed E-state index contributed by atoms with van der Waals surface area (Å²) in [5.41, 5.74) is 6.15. The molecule has 2 N–H and O–H groups in total. The Kier molecular flexibility index (Phi) is 9.23. The summed E-state index contributed by atoms with van der Waals surface area (Å²) >= 11 is 6.40. The first kappa shape index (κ1) is 20.3. The second kappa shape index (κ2) is 10.9. The molecule has 1 aromatic rings. The van der Waals surface area contributed by atoms with Crippen molar-refractivity contribution in [3.8, 4) is 5.75 Å². The number of hydrogen-bond acceptors (Lipinski definition) is 4. The highest BCUT2D eigenvalue weighted by Crippen LogP contribution is 2.30. The number of unbranched alkanes of at least 4 members (excludes halogenated alkanes) is 1. The Morgan fingerprint density at radius 3 is 2.67 bits per heavy atom. The van der Waals surface area contributed by atoms with Crippen LogP contribution in [0.15, 0.2) is 18.2 Å². The number of ether oxygens (including phenoxy) is 2. The van der Waals surface area contributed by atoms with Crippen LogP contribution in [-0.4, -0.2) is 25.6 Å². The van der Waals surface area contributed by atoms with Gasteiger partial charge in [-0.05, 0) is 43.2 Å². The van der Waals surface area contributed by atoms with Crippen LogP contribution >= 0.6 is 11.6 Å². The van der Waals surface area contributed by atoms with Crippen molar-refractivity contribution in [1.82, 2.24) is 0 Å². The highest BCUT2D eigenvalue weighted by molar-refractivity contribution is 6.32. The van der Waals surface area contributed by atoms with E-state index in [-0.39, 0.29) is 17.8 Å². The Labute approximate surface area is 148 Å². The van der Waals surface area contributed by atoms with Gasteiger partial charge in [-0.15, -0.1) is 0 Å². The molecule has 6 heteroatoms. The molecule has 0 aromatic heterocycles. The van der Waals surface area contributed by atoms with Crippen molar-refractivity contribution < 1.29 is 19.1 Å². The molecule has 0 aliphatic carbocycles. The second-order valence-electron chi connectivity index (χ2n) is 5.93. The van der Waals surface area contributed by atoms with E-state index in [0.717, 1.165) is 24.8 Å². The topological polar surface area (TPSA) is 78.6 Å². The maximum Gasteiger partial charge on any atom is 0.305 e. The number of halogens is 1. The normalized spacial score (nSPS) is 11.8. The molecule has 1 amide bonds. The average molecular weight is 356 g/mol. The number of esters is 1. The maximum absolute atomic E-state index is 11.1. The number of nitrogens with two attached hydrogens (primary N) is 1. The van der Waals surface area contributed by atoms with Gasteiger partial charge in [-0.1, -0.05) is 30.7 Å². The summed E-state index contributed by atoms with van der Waals surface area (Å²) in [5, 5.41) is 0.609. The van der Waals surface area contributed by atoms with Crippen molar-refractivity contribution in [1.29, 1.82) is 0 Å². The summed E-state index contributed by atoms with van der Waals surface area (Å²) < 4.78 is 10.4. The number of carbonyl (C=O) groups is 2. The van der Waals surface area contributed by atoms with Crippen molar-refractivity contribution >= 4 is 23.5 Å². The fourth-order valence-electron chi connectivity index (χ4n) is 2.25. The summed E-state index contributed by atoms with van der Waals surface area (Å²) in [6, 6.07) is 5.70. The van der Waals surface area contributed by atoms with Gasteiger partial charge in [-0.3, -0.25) is 9.59 Å². The van der Waals surface area contributed by atoms with E-state index in [1.54, 1.807) is 0 Å². The Morgan fingerprint density at radius 1 is 1.25 bits per heavy atom. The standard InChI is InChI=1S/C18H26ClNO4/c1-13(10-11-16(20)21)12-24-15-8-5-7-14(18(15)19)6-3-4-9-17(22)23-2/h5,7-8,13H,3-4,6,9-12H2,1-2H3,(H2,20,21)/t13-/m0/s1. The zero-order valence-electron chi connectivity index (χ0n) is 14.3. The molecule has 0 fully saturated rings. The first-order chi connectivity index (χ1) is 11.4. The van der Waals surface area contributed by atoms with Crippen molar-refractivity contribution in [3.63, 3.8) is 0 Å². The molecule has 1 rings (SSSR count). The van der Waals surface area contributed by atoms with Gasteiger partial charge in [0.15, 0.2) is 0 Å². The Morgan fingerprint density at radius 2 is 2.00 bits per heavy atom. The minimum absolute atomic E-state index is 0.192. The number of amides is 1. The minimum atomic E-state index is -0.297. The van der Waals surface area contributed by atoms with Gasteiger partial charge >= 0.3 is 5.97 Å². The monoisotopic (exact) mass is 355 g/mol. The molecule has 0 bridgehead atoms. The molecule has 1 aromatic carbocycles. The van der Waals surface area contributed by atoms with Crippen LogP contribution in [0.25, 0.3) is 0 Å². The number of rotatable bonds is 11. The van der Waals surface area contributed by atoms with Gasteiger partial charge in [-0.25, -0.2) is 0 Å². The van der Waals surface area contributed by atoms with E-state index in [2.05, 4.69) is 4.74 Å². The summed E-state index contributed by atoms with van der Waals surface area (Å²) in [6.07, 6.45) is 3.87. The Hall–Kier alpha value is -1.75. The smallest absolute Gasteiger partial charge is 0.305 e. The molecule has 24 heavy (non-hydrogen) atoms. The van der Waals surface area contributed by atoms with Gasteiger partial charge in [0, 0.05) is 12.8 Å². The molecule has 0 heterocycles. The number of carbonyl (C=O) groups excluding carboxylic acids is 2. The van der Waals surface area contributed by atoms with Crippen LogP contribution in [0.2, 0.25) is 5.02 Å². The molecule has 0 saturated heterocycles. The third kappa shape index (κ3) is 7.68. The fraction of sp³-hybridized carbons (Fsp3) is 0.556. The van der Waals surface area contributed by atoms with Crippen LogP contribution in [-0.2, 0) is 20.7 Å². The molecule has 134 valence electrons. The lowest BCUT2D eigenvalue weighted by molar-refractivity contribution is -0.140. The molecular weight excluding hydrogens is 330 g/mol. The quantitative estimate of drug-likeness (QED) is 0.486. The summed E-state index contributed by atoms with van der Waals surface area (Å²) in [7, 11) is 1.39. The van der Waals surface area contributed by atoms with Crippen molar-refractivity contribution in [2.45, 2.75) is 45.4 Å². The Balaban J connectivity index is 2.46. The lowest BCUT2D eigenvalue weighted by Gasteiger charge is -2.15. The van der Waals surface area contributed by atoms with Crippen LogP contribution in [0.3, 0.4) is 0 Å². The van der Waals surface area contributed by atoms with Gasteiger partial charge < -0.3 is 15.2 Å². The van der Waals surface area contributed by atoms with Crippen molar-refractivity contribution in [2.24, 2.45) is 11.7 Å². The first-order valence-electron chi connectivity index (χ1n) is 8.19. The van der Waals surface area contributed by atoms with Gasteiger partial charge in [0.05, 0.1) is 18.7 Å². The van der Waals surface area contributed by atoms with Crippen LogP contribution in [0, 0.1) is 5.92 Å². The predicted octanol–water partition coefficient (Wildman–Crippen LogP) is 3.51. The highest BCUT2D eigenvalue weighted by atomic mass is 35.5. The fourth-order valence-corrected chi connectivity index (χ4v) is 2.53. The molecule has 0 aliphatic heterocycles. The lowest BCUT2D eigenvalue weighted by Crippen LogP contribution is -2.15. The van der Waals surface area contributed by atoms with Crippen molar-refractivity contribution in [3.05, 3.63) is 28.8 Å². The van der Waals surface area contributed by atoms with Gasteiger partial charge in [0.2, 0.25) is 5.91 Å². The molecule has 0 radical (unpaired) electrons. The van der Waals surface area contributed by atoms with Crippen molar-refractivity contribution in [2.75, 3.05) is 13.7 Å². The number of methoxy groups -OCH3 is 1. The van der Waals surface area contributed by atoms with Crippen LogP contribution in [0.4, 0.5) is 0 Å². The van der Waals surface area contributed by atoms with E-state index >= 15 is 0 Å². The predicted molar refractivity (Wildman–Crippen MR) is 94.1 cm³/mol. The van der Waals surface area contributed by atoms with E-state index in [4.69, 9.17) is 22.1 Å². The molecular formula is C18H26ClNO4. The Bertz CT molecular complexity index is 548. The number of aryl methyl sites for hydroxylation is 1. The number of benzene rings is 1. The largest absolute Gasteiger partial charge is 0.492 e. The van der Waals surface area contributed by atoms with Gasteiger partial charge in [0.25, 0.3) is 0 Å². The third-order valence-electron chi connectivity index (χ3n) is 3.75. The molecule has 0 saturated carbocycles. The van der Waals surface area contributed by atoms with Crippen LogP contribution in [0.1, 0.15) is 44.6 Å². The van der Waals surface area contributed by atoms with E-state index in [1.165, 1.54) is 7.11 Å². The van der Waals surface area contributed by atoms with Gasteiger partial charge in [0.1, 0.15) is 5.75 Å². The average Bonchev–Trinajstić information content (AvgIpc) is 2.56. The zero-order valence-corrected chi connectivity index (χ0v) is 15.1. The van der Waals surface area contributed by atoms with E-state index in [1.807, 2.05) is 25.1 Å². The minimum Gasteiger partial charge on any atom is -0.492 e. The third-order valence-corrected chi connectivity index (χ3v) is 4.18. The second-order valence-corrected chi connectivity index (χ2v) is 6.31. The van der Waals surface area contributed by atoms with E-state index in [9.17, 15) is 9.59 Å². The summed E-state index contributed by atoms with van der Waals surface area (Å²) in [5.74, 6) is 0.377. The van der Waals surface area contributed by atoms with Crippen LogP contribution in [0.5, 0.6) is 5.75 Å². The van der Waals surface area contributed by atoms with Gasteiger partial charge in [-0.2, -0.15) is 0 Å². The molecule has 0 aliphatic rings. The van der Waals surface area contributed by atoms with E-state index < -0.39 is 0 Å².